The number of nitrogens with one attached hydrogen (secondary N) is 1. The Balaban J connectivity index is 2.40. The Morgan fingerprint density at radius 2 is 2.18 bits per heavy atom. The molecule has 2 rings (SSSR count). The summed E-state index contributed by atoms with van der Waals surface area (Å²) in [6.45, 7) is 0. The molecular weight excluding hydrogens is 240 g/mol. The zero-order valence-corrected chi connectivity index (χ0v) is 10.1. The van der Waals surface area contributed by atoms with Gasteiger partial charge in [-0.05, 0) is 23.1 Å². The normalized spacial score (nSPS) is 22.9. The molecule has 0 bridgehead atoms. The molecule has 0 saturated heterocycles. The summed E-state index contributed by atoms with van der Waals surface area (Å²) in [6.07, 6.45) is 1.66. The minimum absolute atomic E-state index is 0.396. The highest BCUT2D eigenvalue weighted by molar-refractivity contribution is 7.88. The van der Waals surface area contributed by atoms with Gasteiger partial charge in [-0.2, -0.15) is 0 Å². The van der Waals surface area contributed by atoms with E-state index in [1.54, 1.807) is 0 Å². The van der Waals surface area contributed by atoms with E-state index in [4.69, 9.17) is 5.53 Å². The van der Waals surface area contributed by atoms with Crippen molar-refractivity contribution in [3.05, 3.63) is 45.8 Å². The van der Waals surface area contributed by atoms with Crippen LogP contribution in [0.4, 0.5) is 0 Å². The Morgan fingerprint density at radius 1 is 1.47 bits per heavy atom. The zero-order valence-electron chi connectivity index (χ0n) is 9.24. The van der Waals surface area contributed by atoms with Gasteiger partial charge in [0.15, 0.2) is 0 Å². The molecule has 90 valence electrons. The van der Waals surface area contributed by atoms with E-state index >= 15 is 0 Å². The molecule has 0 aromatic heterocycles. The molecular formula is C10H12N4O2S. The molecule has 0 spiro atoms. The molecule has 1 aromatic rings. The first-order valence-corrected chi connectivity index (χ1v) is 7.00. The number of hydrogen-bond acceptors (Lipinski definition) is 3. The van der Waals surface area contributed by atoms with Crippen LogP contribution in [0.1, 0.15) is 17.2 Å². The van der Waals surface area contributed by atoms with Gasteiger partial charge in [0.05, 0.1) is 18.3 Å². The Morgan fingerprint density at radius 3 is 2.82 bits per heavy atom. The fraction of sp³-hybridized carbons (Fsp3) is 0.400. The van der Waals surface area contributed by atoms with E-state index in [-0.39, 0.29) is 0 Å². The van der Waals surface area contributed by atoms with E-state index in [0.717, 1.165) is 17.4 Å². The molecule has 0 saturated carbocycles. The largest absolute Gasteiger partial charge is 0.213 e. The van der Waals surface area contributed by atoms with Crippen LogP contribution in [0, 0.1) is 0 Å². The summed E-state index contributed by atoms with van der Waals surface area (Å²) >= 11 is 0. The van der Waals surface area contributed by atoms with Gasteiger partial charge < -0.3 is 0 Å². The van der Waals surface area contributed by atoms with E-state index in [1.807, 2.05) is 24.3 Å². The molecule has 7 heteroatoms. The van der Waals surface area contributed by atoms with Gasteiger partial charge in [0.1, 0.15) is 0 Å². The fourth-order valence-corrected chi connectivity index (χ4v) is 2.87. The quantitative estimate of drug-likeness (QED) is 0.501. The number of fused-ring (bicyclic) bond motifs is 1. The summed E-state index contributed by atoms with van der Waals surface area (Å²) in [6, 6.07) is 6.64. The van der Waals surface area contributed by atoms with Crippen LogP contribution in [0.2, 0.25) is 0 Å². The van der Waals surface area contributed by atoms with Crippen molar-refractivity contribution in [2.24, 2.45) is 5.11 Å². The van der Waals surface area contributed by atoms with E-state index in [0.29, 0.717) is 6.42 Å². The Bertz CT molecular complexity index is 578. The topological polar surface area (TPSA) is 94.9 Å². The zero-order chi connectivity index (χ0) is 12.5. The molecule has 0 heterocycles. The monoisotopic (exact) mass is 252 g/mol. The third-order valence-electron chi connectivity index (χ3n) is 2.74. The van der Waals surface area contributed by atoms with Crippen molar-refractivity contribution < 1.29 is 8.42 Å². The maximum Gasteiger partial charge on any atom is 0.209 e. The first-order valence-electron chi connectivity index (χ1n) is 5.10. The van der Waals surface area contributed by atoms with Gasteiger partial charge in [-0.3, -0.25) is 0 Å². The van der Waals surface area contributed by atoms with Gasteiger partial charge in [-0.15, -0.1) is 0 Å². The lowest BCUT2D eigenvalue weighted by atomic mass is 10.1. The average Bonchev–Trinajstić information content (AvgIpc) is 2.56. The van der Waals surface area contributed by atoms with E-state index in [2.05, 4.69) is 14.7 Å². The molecule has 1 aliphatic carbocycles. The summed E-state index contributed by atoms with van der Waals surface area (Å²) < 4.78 is 25.1. The number of azide groups is 1. The number of nitrogens with zero attached hydrogens (tertiary/aromatic N) is 3. The molecule has 2 atom stereocenters. The molecule has 0 amide bonds. The van der Waals surface area contributed by atoms with Crippen molar-refractivity contribution in [2.75, 3.05) is 6.26 Å². The summed E-state index contributed by atoms with van der Waals surface area (Å²) in [5.41, 5.74) is 10.4. The van der Waals surface area contributed by atoms with Crippen LogP contribution in [0.3, 0.4) is 0 Å². The van der Waals surface area contributed by atoms with E-state index in [9.17, 15) is 8.42 Å². The van der Waals surface area contributed by atoms with Crippen LogP contribution < -0.4 is 4.72 Å². The molecule has 0 aliphatic heterocycles. The number of benzene rings is 1. The van der Waals surface area contributed by atoms with Crippen LogP contribution in [0.25, 0.3) is 10.4 Å². The lowest BCUT2D eigenvalue weighted by molar-refractivity contribution is 0.520. The van der Waals surface area contributed by atoms with Crippen molar-refractivity contribution in [1.82, 2.24) is 4.72 Å². The van der Waals surface area contributed by atoms with Gasteiger partial charge in [0, 0.05) is 4.91 Å². The molecule has 1 N–H and O–H groups in total. The smallest absolute Gasteiger partial charge is 0.209 e. The lowest BCUT2D eigenvalue weighted by Crippen LogP contribution is -2.32. The molecule has 6 nitrogen and oxygen atoms in total. The van der Waals surface area contributed by atoms with Crippen LogP contribution in [0.5, 0.6) is 0 Å². The van der Waals surface area contributed by atoms with Crippen LogP contribution in [-0.2, 0) is 16.4 Å². The highest BCUT2D eigenvalue weighted by Gasteiger charge is 2.33. The van der Waals surface area contributed by atoms with E-state index < -0.39 is 22.1 Å². The minimum atomic E-state index is -3.33. The van der Waals surface area contributed by atoms with Gasteiger partial charge >= 0.3 is 0 Å². The minimum Gasteiger partial charge on any atom is -0.213 e. The SMILES string of the molecule is CS(=O)(=O)N[C@@H]1c2ccccc2C[C@H]1N=[N+]=[N-]. The van der Waals surface area contributed by atoms with Crippen molar-refractivity contribution in [2.45, 2.75) is 18.5 Å². The maximum atomic E-state index is 11.3. The average molecular weight is 252 g/mol. The third kappa shape index (κ3) is 2.58. The Kier molecular flexibility index (Phi) is 3.06. The summed E-state index contributed by atoms with van der Waals surface area (Å²) in [4.78, 5) is 2.77. The number of rotatable bonds is 3. The number of sulfonamides is 1. The van der Waals surface area contributed by atoms with Crippen molar-refractivity contribution in [1.29, 1.82) is 0 Å². The van der Waals surface area contributed by atoms with Gasteiger partial charge in [-0.1, -0.05) is 29.4 Å². The van der Waals surface area contributed by atoms with Gasteiger partial charge in [0.2, 0.25) is 10.0 Å². The Hall–Kier alpha value is -1.56. The van der Waals surface area contributed by atoms with Crippen LogP contribution >= 0.6 is 0 Å². The molecule has 0 fully saturated rings. The second kappa shape index (κ2) is 4.37. The van der Waals surface area contributed by atoms with E-state index in [1.165, 1.54) is 0 Å². The lowest BCUT2D eigenvalue weighted by Gasteiger charge is -2.16. The van der Waals surface area contributed by atoms with Crippen molar-refractivity contribution >= 4 is 10.0 Å². The highest BCUT2D eigenvalue weighted by atomic mass is 32.2. The maximum absolute atomic E-state index is 11.3. The van der Waals surface area contributed by atoms with Crippen molar-refractivity contribution in [3.63, 3.8) is 0 Å². The number of hydrogen-bond donors (Lipinski definition) is 1. The second-order valence-corrected chi connectivity index (χ2v) is 5.82. The summed E-state index contributed by atoms with van der Waals surface area (Å²) in [7, 11) is -3.33. The second-order valence-electron chi connectivity index (χ2n) is 4.04. The third-order valence-corrected chi connectivity index (χ3v) is 3.43. The molecule has 17 heavy (non-hydrogen) atoms. The van der Waals surface area contributed by atoms with Gasteiger partial charge in [0.25, 0.3) is 0 Å². The molecule has 1 aliphatic rings. The fourth-order valence-electron chi connectivity index (χ4n) is 2.12. The predicted octanol–water partition coefficient (Wildman–Crippen LogP) is 1.51. The van der Waals surface area contributed by atoms with Crippen LogP contribution in [-0.4, -0.2) is 20.7 Å². The summed E-state index contributed by atoms with van der Waals surface area (Å²) in [5, 5.41) is 3.66. The predicted molar refractivity (Wildman–Crippen MR) is 63.8 cm³/mol. The van der Waals surface area contributed by atoms with Crippen molar-refractivity contribution in [3.8, 4) is 0 Å². The molecule has 0 unspecified atom stereocenters. The highest BCUT2D eigenvalue weighted by Crippen LogP contribution is 2.33. The summed E-state index contributed by atoms with van der Waals surface area (Å²) in [5.74, 6) is 0. The Labute approximate surface area is 99.3 Å². The molecule has 0 radical (unpaired) electrons. The van der Waals surface area contributed by atoms with Gasteiger partial charge in [-0.25, -0.2) is 13.1 Å². The standard InChI is InChI=1S/C10H12N4O2S/c1-17(15,16)13-10-8-5-3-2-4-7(8)6-9(10)12-14-11/h2-5,9-10,13H,6H2,1H3/t9-,10-/m1/s1. The van der Waals surface area contributed by atoms with Crippen LogP contribution in [0.15, 0.2) is 29.4 Å². The first kappa shape index (κ1) is 11.9. The first-order chi connectivity index (χ1) is 8.01. The molecule has 1 aromatic carbocycles.